The van der Waals surface area contributed by atoms with Gasteiger partial charge >= 0.3 is 0 Å². The average molecular weight is 339 g/mol. The number of nitrogens with zero attached hydrogens (tertiary/aromatic N) is 1. The highest BCUT2D eigenvalue weighted by Gasteiger charge is 2.08. The molecular formula is C16H13ClF2N2O2. The molecule has 2 aromatic rings. The van der Waals surface area contributed by atoms with Crippen LogP contribution in [0.5, 0.6) is 5.75 Å². The molecule has 0 saturated carbocycles. The zero-order chi connectivity index (χ0) is 16.8. The van der Waals surface area contributed by atoms with Gasteiger partial charge in [0.1, 0.15) is 17.4 Å². The molecule has 0 aliphatic heterocycles. The number of carbonyl (C=O) groups excluding carboxylic acids is 1. The smallest absolute Gasteiger partial charge is 0.277 e. The summed E-state index contributed by atoms with van der Waals surface area (Å²) < 4.78 is 31.6. The predicted octanol–water partition coefficient (Wildman–Crippen LogP) is 3.54. The lowest BCUT2D eigenvalue weighted by molar-refractivity contribution is -0.123. The van der Waals surface area contributed by atoms with Crippen molar-refractivity contribution in [3.63, 3.8) is 0 Å². The average Bonchev–Trinajstić information content (AvgIpc) is 2.52. The first-order valence-corrected chi connectivity index (χ1v) is 7.00. The van der Waals surface area contributed by atoms with Gasteiger partial charge in [0.2, 0.25) is 0 Å². The van der Waals surface area contributed by atoms with E-state index in [9.17, 15) is 13.6 Å². The minimum Gasteiger partial charge on any atom is -0.484 e. The van der Waals surface area contributed by atoms with Crippen LogP contribution in [0.25, 0.3) is 0 Å². The maximum absolute atomic E-state index is 13.6. The van der Waals surface area contributed by atoms with E-state index >= 15 is 0 Å². The van der Waals surface area contributed by atoms with Crippen molar-refractivity contribution in [2.24, 2.45) is 5.10 Å². The highest BCUT2D eigenvalue weighted by atomic mass is 35.5. The van der Waals surface area contributed by atoms with Crippen LogP contribution >= 0.6 is 11.6 Å². The van der Waals surface area contributed by atoms with E-state index in [1.54, 1.807) is 24.3 Å². The van der Waals surface area contributed by atoms with E-state index in [4.69, 9.17) is 16.3 Å². The Kier molecular flexibility index (Phi) is 5.65. The van der Waals surface area contributed by atoms with Gasteiger partial charge in [0.25, 0.3) is 5.91 Å². The molecule has 2 rings (SSSR count). The van der Waals surface area contributed by atoms with Gasteiger partial charge in [-0.2, -0.15) is 5.10 Å². The molecule has 0 aromatic heterocycles. The van der Waals surface area contributed by atoms with Crippen molar-refractivity contribution in [2.75, 3.05) is 6.61 Å². The normalized spacial score (nSPS) is 11.2. The van der Waals surface area contributed by atoms with E-state index in [1.807, 2.05) is 0 Å². The van der Waals surface area contributed by atoms with E-state index in [1.165, 1.54) is 13.0 Å². The lowest BCUT2D eigenvalue weighted by atomic mass is 10.1. The summed E-state index contributed by atoms with van der Waals surface area (Å²) in [6.45, 7) is 1.24. The summed E-state index contributed by atoms with van der Waals surface area (Å²) in [4.78, 5) is 11.6. The van der Waals surface area contributed by atoms with Crippen LogP contribution in [0.4, 0.5) is 8.78 Å². The number of rotatable bonds is 5. The Morgan fingerprint density at radius 2 is 1.91 bits per heavy atom. The highest BCUT2D eigenvalue weighted by molar-refractivity contribution is 6.30. The fraction of sp³-hybridized carbons (Fsp3) is 0.125. The first-order valence-electron chi connectivity index (χ1n) is 6.62. The molecule has 0 bridgehead atoms. The number of benzene rings is 2. The maximum atomic E-state index is 13.6. The molecule has 0 aliphatic carbocycles. The summed E-state index contributed by atoms with van der Waals surface area (Å²) in [5.74, 6) is -1.46. The van der Waals surface area contributed by atoms with E-state index in [2.05, 4.69) is 10.5 Å². The lowest BCUT2D eigenvalue weighted by Gasteiger charge is -2.06. The Labute approximate surface area is 136 Å². The van der Waals surface area contributed by atoms with Crippen molar-refractivity contribution >= 4 is 23.2 Å². The highest BCUT2D eigenvalue weighted by Crippen LogP contribution is 2.15. The van der Waals surface area contributed by atoms with Gasteiger partial charge in [0.05, 0.1) is 5.71 Å². The first-order chi connectivity index (χ1) is 11.0. The van der Waals surface area contributed by atoms with Crippen molar-refractivity contribution in [1.82, 2.24) is 5.43 Å². The number of amides is 1. The molecular weight excluding hydrogens is 326 g/mol. The number of carbonyl (C=O) groups is 1. The van der Waals surface area contributed by atoms with Crippen LogP contribution in [0.1, 0.15) is 12.5 Å². The minimum absolute atomic E-state index is 0.102. The van der Waals surface area contributed by atoms with Crippen molar-refractivity contribution < 1.29 is 18.3 Å². The van der Waals surface area contributed by atoms with E-state index in [0.29, 0.717) is 10.8 Å². The summed E-state index contributed by atoms with van der Waals surface area (Å²) in [5, 5.41) is 4.32. The van der Waals surface area contributed by atoms with Crippen LogP contribution in [0, 0.1) is 11.6 Å². The molecule has 1 N–H and O–H groups in total. The van der Waals surface area contributed by atoms with Crippen LogP contribution in [-0.4, -0.2) is 18.2 Å². The molecule has 23 heavy (non-hydrogen) atoms. The third-order valence-corrected chi connectivity index (χ3v) is 3.10. The van der Waals surface area contributed by atoms with Crippen molar-refractivity contribution in [3.8, 4) is 5.75 Å². The number of hydrazone groups is 1. The molecule has 0 aliphatic rings. The van der Waals surface area contributed by atoms with E-state index < -0.39 is 17.5 Å². The second kappa shape index (κ2) is 7.69. The predicted molar refractivity (Wildman–Crippen MR) is 83.7 cm³/mol. The molecule has 0 saturated heterocycles. The number of ether oxygens (including phenoxy) is 1. The van der Waals surface area contributed by atoms with Crippen molar-refractivity contribution in [3.05, 3.63) is 64.7 Å². The van der Waals surface area contributed by atoms with E-state index in [0.717, 1.165) is 12.1 Å². The molecule has 1 amide bonds. The Bertz CT molecular complexity index is 733. The monoisotopic (exact) mass is 338 g/mol. The zero-order valence-corrected chi connectivity index (χ0v) is 12.9. The Morgan fingerprint density at radius 1 is 1.22 bits per heavy atom. The SMILES string of the molecule is C/C(=N/NC(=O)COc1ccc(Cl)cc1)c1ccc(F)cc1F. The van der Waals surface area contributed by atoms with Gasteiger partial charge in [0.15, 0.2) is 6.61 Å². The second-order valence-corrected chi connectivity index (χ2v) is 5.04. The summed E-state index contributed by atoms with van der Waals surface area (Å²) in [7, 11) is 0. The Hall–Kier alpha value is -2.47. The summed E-state index contributed by atoms with van der Waals surface area (Å²) >= 11 is 5.73. The molecule has 0 fully saturated rings. The molecule has 4 nitrogen and oxygen atoms in total. The molecule has 0 heterocycles. The topological polar surface area (TPSA) is 50.7 Å². The summed E-state index contributed by atoms with van der Waals surface area (Å²) in [6.07, 6.45) is 0. The van der Waals surface area contributed by atoms with Crippen molar-refractivity contribution in [1.29, 1.82) is 0 Å². The van der Waals surface area contributed by atoms with Gasteiger partial charge < -0.3 is 4.74 Å². The second-order valence-electron chi connectivity index (χ2n) is 4.60. The van der Waals surface area contributed by atoms with Crippen LogP contribution in [0.15, 0.2) is 47.6 Å². The molecule has 120 valence electrons. The van der Waals surface area contributed by atoms with Crippen LogP contribution in [0.3, 0.4) is 0 Å². The number of halogens is 3. The summed E-state index contributed by atoms with van der Waals surface area (Å²) in [6, 6.07) is 9.63. The van der Waals surface area contributed by atoms with Gasteiger partial charge in [-0.1, -0.05) is 11.6 Å². The fourth-order valence-corrected chi connectivity index (χ4v) is 1.83. The molecule has 0 radical (unpaired) electrons. The maximum Gasteiger partial charge on any atom is 0.277 e. The van der Waals surface area contributed by atoms with Gasteiger partial charge in [-0.15, -0.1) is 0 Å². The third-order valence-electron chi connectivity index (χ3n) is 2.85. The minimum atomic E-state index is -0.752. The van der Waals surface area contributed by atoms with Crippen LogP contribution < -0.4 is 10.2 Å². The molecule has 0 atom stereocenters. The van der Waals surface area contributed by atoms with Crippen molar-refractivity contribution in [2.45, 2.75) is 6.92 Å². The van der Waals surface area contributed by atoms with Gasteiger partial charge in [-0.05, 0) is 43.3 Å². The molecule has 7 heteroatoms. The summed E-state index contributed by atoms with van der Waals surface area (Å²) in [5.41, 5.74) is 2.55. The van der Waals surface area contributed by atoms with E-state index in [-0.39, 0.29) is 17.9 Å². The largest absolute Gasteiger partial charge is 0.484 e. The Morgan fingerprint density at radius 3 is 2.57 bits per heavy atom. The number of nitrogens with one attached hydrogen (secondary N) is 1. The third kappa shape index (κ3) is 5.03. The first kappa shape index (κ1) is 16.9. The standard InChI is InChI=1S/C16H13ClF2N2O2/c1-10(14-7-4-12(18)8-15(14)19)20-21-16(22)9-23-13-5-2-11(17)3-6-13/h2-8H,9H2,1H3,(H,21,22)/b20-10-. The zero-order valence-electron chi connectivity index (χ0n) is 12.1. The van der Waals surface area contributed by atoms with Gasteiger partial charge in [0, 0.05) is 16.7 Å². The fourth-order valence-electron chi connectivity index (χ4n) is 1.70. The van der Waals surface area contributed by atoms with Crippen LogP contribution in [-0.2, 0) is 4.79 Å². The van der Waals surface area contributed by atoms with Crippen LogP contribution in [0.2, 0.25) is 5.02 Å². The van der Waals surface area contributed by atoms with Gasteiger partial charge in [-0.25, -0.2) is 14.2 Å². The number of hydrogen-bond donors (Lipinski definition) is 1. The Balaban J connectivity index is 1.90. The number of hydrogen-bond acceptors (Lipinski definition) is 3. The lowest BCUT2D eigenvalue weighted by Crippen LogP contribution is -2.25. The quantitative estimate of drug-likeness (QED) is 0.669. The van der Waals surface area contributed by atoms with Gasteiger partial charge in [-0.3, -0.25) is 4.79 Å². The molecule has 0 unspecified atom stereocenters. The molecule has 0 spiro atoms. The molecule has 2 aromatic carbocycles.